The number of carbonyl (C=O) groups excluding carboxylic acids is 1. The summed E-state index contributed by atoms with van der Waals surface area (Å²) in [6.07, 6.45) is 0. The number of aliphatic hydroxyl groups excluding tert-OH is 1. The van der Waals surface area contributed by atoms with Gasteiger partial charge in [-0.1, -0.05) is 11.6 Å². The van der Waals surface area contributed by atoms with Gasteiger partial charge in [-0.15, -0.1) is 0 Å². The molecule has 0 unspecified atom stereocenters. The Morgan fingerprint density at radius 2 is 2.05 bits per heavy atom. The minimum absolute atomic E-state index is 0.204. The Morgan fingerprint density at radius 3 is 2.65 bits per heavy atom. The van der Waals surface area contributed by atoms with E-state index < -0.39 is 6.61 Å². The number of rotatable bonds is 4. The van der Waals surface area contributed by atoms with Gasteiger partial charge in [0.25, 0.3) is 0 Å². The summed E-state index contributed by atoms with van der Waals surface area (Å²) >= 11 is 6.02. The van der Waals surface area contributed by atoms with Crippen LogP contribution in [0.25, 0.3) is 0 Å². The number of hydrogen-bond acceptors (Lipinski definition) is 4. The predicted octanol–water partition coefficient (Wildman–Crippen LogP) is 0.985. The van der Waals surface area contributed by atoms with E-state index in [0.717, 1.165) is 30.9 Å². The van der Waals surface area contributed by atoms with E-state index in [0.29, 0.717) is 18.1 Å². The van der Waals surface area contributed by atoms with E-state index in [9.17, 15) is 4.79 Å². The largest absolute Gasteiger partial charge is 0.496 e. The average Bonchev–Trinajstić information content (AvgIpc) is 2.47. The van der Waals surface area contributed by atoms with Crippen LogP contribution < -0.4 is 4.74 Å². The van der Waals surface area contributed by atoms with Crippen LogP contribution in [-0.4, -0.2) is 60.7 Å². The molecule has 6 heteroatoms. The molecule has 0 atom stereocenters. The number of nitrogens with zero attached hydrogens (tertiary/aromatic N) is 2. The van der Waals surface area contributed by atoms with E-state index in [1.165, 1.54) is 0 Å². The van der Waals surface area contributed by atoms with E-state index in [-0.39, 0.29) is 5.91 Å². The van der Waals surface area contributed by atoms with Gasteiger partial charge in [-0.2, -0.15) is 0 Å². The van der Waals surface area contributed by atoms with Crippen molar-refractivity contribution < 1.29 is 14.6 Å². The summed E-state index contributed by atoms with van der Waals surface area (Å²) in [6, 6.07) is 5.58. The number of ether oxygens (including phenoxy) is 1. The first-order valence-electron chi connectivity index (χ1n) is 6.57. The van der Waals surface area contributed by atoms with Gasteiger partial charge in [0.05, 0.1) is 7.11 Å². The molecule has 0 radical (unpaired) electrons. The van der Waals surface area contributed by atoms with Crippen molar-refractivity contribution >= 4 is 17.5 Å². The van der Waals surface area contributed by atoms with Crippen molar-refractivity contribution in [2.75, 3.05) is 39.9 Å². The number of aliphatic hydroxyl groups is 1. The second-order valence-corrected chi connectivity index (χ2v) is 5.21. The summed E-state index contributed by atoms with van der Waals surface area (Å²) < 4.78 is 5.34. The molecule has 2 rings (SSSR count). The molecule has 0 spiro atoms. The molecule has 1 saturated heterocycles. The second kappa shape index (κ2) is 6.92. The van der Waals surface area contributed by atoms with Crippen molar-refractivity contribution in [2.45, 2.75) is 6.54 Å². The second-order valence-electron chi connectivity index (χ2n) is 4.77. The van der Waals surface area contributed by atoms with Crippen LogP contribution in [0.3, 0.4) is 0 Å². The summed E-state index contributed by atoms with van der Waals surface area (Å²) in [6.45, 7) is 3.17. The van der Waals surface area contributed by atoms with Crippen molar-refractivity contribution in [3.63, 3.8) is 0 Å². The fourth-order valence-electron chi connectivity index (χ4n) is 2.37. The lowest BCUT2D eigenvalue weighted by molar-refractivity contribution is -0.136. The van der Waals surface area contributed by atoms with E-state index in [1.54, 1.807) is 12.0 Å². The smallest absolute Gasteiger partial charge is 0.248 e. The molecule has 20 heavy (non-hydrogen) atoms. The minimum Gasteiger partial charge on any atom is -0.496 e. The van der Waals surface area contributed by atoms with Gasteiger partial charge < -0.3 is 14.7 Å². The zero-order chi connectivity index (χ0) is 14.5. The number of hydrogen-bond donors (Lipinski definition) is 1. The Hall–Kier alpha value is -1.30. The number of methoxy groups -OCH3 is 1. The summed E-state index contributed by atoms with van der Waals surface area (Å²) in [5, 5.41) is 9.54. The van der Waals surface area contributed by atoms with Crippen LogP contribution in [0.5, 0.6) is 5.75 Å². The maximum absolute atomic E-state index is 11.4. The SMILES string of the molecule is COc1ccc(Cl)cc1CN1CCN(C(=O)CO)CC1. The third-order valence-corrected chi connectivity index (χ3v) is 3.73. The summed E-state index contributed by atoms with van der Waals surface area (Å²) in [4.78, 5) is 15.3. The number of benzene rings is 1. The standard InChI is InChI=1S/C14H19ClN2O3/c1-20-13-3-2-12(15)8-11(13)9-16-4-6-17(7-5-16)14(19)10-18/h2-3,8,18H,4-7,9-10H2,1H3. The fraction of sp³-hybridized carbons (Fsp3) is 0.500. The van der Waals surface area contributed by atoms with Crippen LogP contribution in [-0.2, 0) is 11.3 Å². The molecule has 0 bridgehead atoms. The van der Waals surface area contributed by atoms with Crippen LogP contribution in [0.4, 0.5) is 0 Å². The van der Waals surface area contributed by atoms with Crippen molar-refractivity contribution in [3.8, 4) is 5.75 Å². The minimum atomic E-state index is -0.415. The van der Waals surface area contributed by atoms with Crippen LogP contribution >= 0.6 is 11.6 Å². The molecule has 1 N–H and O–H groups in total. The van der Waals surface area contributed by atoms with Gasteiger partial charge >= 0.3 is 0 Å². The number of amides is 1. The normalized spacial score (nSPS) is 16.2. The molecule has 1 amide bonds. The molecule has 0 saturated carbocycles. The molecule has 1 aromatic rings. The molecule has 1 fully saturated rings. The Morgan fingerprint density at radius 1 is 1.35 bits per heavy atom. The molecule has 1 aromatic carbocycles. The molecule has 0 aromatic heterocycles. The average molecular weight is 299 g/mol. The summed E-state index contributed by atoms with van der Waals surface area (Å²) in [7, 11) is 1.64. The summed E-state index contributed by atoms with van der Waals surface area (Å²) in [5.74, 6) is 0.619. The zero-order valence-electron chi connectivity index (χ0n) is 11.5. The van der Waals surface area contributed by atoms with Crippen LogP contribution in [0.1, 0.15) is 5.56 Å². The Balaban J connectivity index is 1.96. The molecule has 1 aliphatic heterocycles. The van der Waals surface area contributed by atoms with Crippen LogP contribution in [0.15, 0.2) is 18.2 Å². The van der Waals surface area contributed by atoms with Gasteiger partial charge in [-0.25, -0.2) is 0 Å². The monoisotopic (exact) mass is 298 g/mol. The lowest BCUT2D eigenvalue weighted by Crippen LogP contribution is -2.49. The first kappa shape index (κ1) is 15.1. The molecule has 0 aliphatic carbocycles. The highest BCUT2D eigenvalue weighted by Gasteiger charge is 2.21. The van der Waals surface area contributed by atoms with Gasteiger partial charge in [-0.05, 0) is 18.2 Å². The maximum atomic E-state index is 11.4. The Bertz CT molecular complexity index is 473. The van der Waals surface area contributed by atoms with Gasteiger partial charge in [0, 0.05) is 43.3 Å². The van der Waals surface area contributed by atoms with Gasteiger partial charge in [0.15, 0.2) is 0 Å². The number of piperazine rings is 1. The van der Waals surface area contributed by atoms with Gasteiger partial charge in [0.2, 0.25) is 5.91 Å². The Labute approximate surface area is 123 Å². The summed E-state index contributed by atoms with van der Waals surface area (Å²) in [5.41, 5.74) is 1.04. The van der Waals surface area contributed by atoms with Crippen molar-refractivity contribution in [1.29, 1.82) is 0 Å². The van der Waals surface area contributed by atoms with E-state index in [4.69, 9.17) is 21.4 Å². The lowest BCUT2D eigenvalue weighted by atomic mass is 10.1. The van der Waals surface area contributed by atoms with Gasteiger partial charge in [0.1, 0.15) is 12.4 Å². The fourth-order valence-corrected chi connectivity index (χ4v) is 2.56. The molecular formula is C14H19ClN2O3. The molecule has 1 heterocycles. The van der Waals surface area contributed by atoms with E-state index >= 15 is 0 Å². The van der Waals surface area contributed by atoms with Crippen LogP contribution in [0, 0.1) is 0 Å². The van der Waals surface area contributed by atoms with Crippen molar-refractivity contribution in [2.24, 2.45) is 0 Å². The lowest BCUT2D eigenvalue weighted by Gasteiger charge is -2.34. The quantitative estimate of drug-likeness (QED) is 0.900. The van der Waals surface area contributed by atoms with E-state index in [2.05, 4.69) is 4.90 Å². The highest BCUT2D eigenvalue weighted by Crippen LogP contribution is 2.24. The molecule has 5 nitrogen and oxygen atoms in total. The third-order valence-electron chi connectivity index (χ3n) is 3.50. The Kier molecular flexibility index (Phi) is 5.23. The first-order chi connectivity index (χ1) is 9.63. The number of halogens is 1. The van der Waals surface area contributed by atoms with E-state index in [1.807, 2.05) is 18.2 Å². The zero-order valence-corrected chi connectivity index (χ0v) is 12.3. The van der Waals surface area contributed by atoms with Crippen LogP contribution in [0.2, 0.25) is 5.02 Å². The first-order valence-corrected chi connectivity index (χ1v) is 6.95. The third kappa shape index (κ3) is 3.62. The van der Waals surface area contributed by atoms with Gasteiger partial charge in [-0.3, -0.25) is 9.69 Å². The molecule has 1 aliphatic rings. The molecular weight excluding hydrogens is 280 g/mol. The predicted molar refractivity (Wildman–Crippen MR) is 76.9 cm³/mol. The number of carbonyl (C=O) groups is 1. The topological polar surface area (TPSA) is 53.0 Å². The molecule has 110 valence electrons. The highest BCUT2D eigenvalue weighted by atomic mass is 35.5. The maximum Gasteiger partial charge on any atom is 0.248 e. The van der Waals surface area contributed by atoms with Crippen molar-refractivity contribution in [3.05, 3.63) is 28.8 Å². The highest BCUT2D eigenvalue weighted by molar-refractivity contribution is 6.30. The van der Waals surface area contributed by atoms with Crippen molar-refractivity contribution in [1.82, 2.24) is 9.80 Å².